The fraction of sp³-hybridized carbons (Fsp3) is 0.909. The van der Waals surface area contributed by atoms with Crippen LogP contribution in [0.15, 0.2) is 0 Å². The van der Waals surface area contributed by atoms with Gasteiger partial charge in [-0.15, -0.1) is 0 Å². The molecule has 2 rings (SSSR count). The summed E-state index contributed by atoms with van der Waals surface area (Å²) in [5, 5.41) is 3.32. The molecule has 2 fully saturated rings. The zero-order valence-electron chi connectivity index (χ0n) is 9.58. The molecule has 1 amide bonds. The van der Waals surface area contributed by atoms with Gasteiger partial charge in [0.1, 0.15) is 0 Å². The second kappa shape index (κ2) is 4.10. The number of rotatable bonds is 3. The van der Waals surface area contributed by atoms with Crippen LogP contribution in [0.2, 0.25) is 0 Å². The maximum Gasteiger partial charge on any atom is 0.239 e. The van der Waals surface area contributed by atoms with Gasteiger partial charge in [-0.3, -0.25) is 4.79 Å². The lowest BCUT2D eigenvalue weighted by atomic mass is 10.1. The van der Waals surface area contributed by atoms with Crippen LogP contribution in [0, 0.1) is 5.41 Å². The Balaban J connectivity index is 2.00. The van der Waals surface area contributed by atoms with E-state index in [0.717, 1.165) is 19.6 Å². The van der Waals surface area contributed by atoms with Crippen molar-refractivity contribution in [2.45, 2.75) is 25.8 Å². The molecule has 1 heterocycles. The number of amides is 1. The van der Waals surface area contributed by atoms with Crippen LogP contribution in [-0.4, -0.2) is 50.2 Å². The Morgan fingerprint density at radius 3 is 2.93 bits per heavy atom. The molecule has 1 unspecified atom stereocenters. The normalized spacial score (nSPS) is 29.3. The summed E-state index contributed by atoms with van der Waals surface area (Å²) in [4.78, 5) is 13.9. The summed E-state index contributed by atoms with van der Waals surface area (Å²) in [5.41, 5.74) is 0.383. The summed E-state index contributed by atoms with van der Waals surface area (Å²) in [6.45, 7) is 5.21. The highest BCUT2D eigenvalue weighted by molar-refractivity contribution is 5.82. The second-order valence-corrected chi connectivity index (χ2v) is 4.86. The minimum absolute atomic E-state index is 0.0400. The number of hydrogen-bond donors (Lipinski definition) is 1. The molecule has 0 aromatic heterocycles. The van der Waals surface area contributed by atoms with E-state index >= 15 is 0 Å². The van der Waals surface area contributed by atoms with Crippen LogP contribution in [0.25, 0.3) is 0 Å². The van der Waals surface area contributed by atoms with E-state index in [1.54, 1.807) is 7.11 Å². The van der Waals surface area contributed by atoms with Gasteiger partial charge in [0.05, 0.1) is 12.6 Å². The summed E-state index contributed by atoms with van der Waals surface area (Å²) < 4.78 is 5.04. The Labute approximate surface area is 91.0 Å². The molecule has 1 atom stereocenters. The molecule has 1 saturated carbocycles. The lowest BCUT2D eigenvalue weighted by Gasteiger charge is -2.24. The first kappa shape index (κ1) is 10.9. The molecule has 1 aliphatic carbocycles. The smallest absolute Gasteiger partial charge is 0.239 e. The molecule has 4 heteroatoms. The Kier molecular flexibility index (Phi) is 2.98. The molecule has 1 spiro atoms. The fourth-order valence-electron chi connectivity index (χ4n) is 2.17. The first-order valence-corrected chi connectivity index (χ1v) is 5.68. The van der Waals surface area contributed by atoms with E-state index in [0.29, 0.717) is 12.0 Å². The van der Waals surface area contributed by atoms with Crippen molar-refractivity contribution in [1.82, 2.24) is 10.2 Å². The van der Waals surface area contributed by atoms with Crippen molar-refractivity contribution in [3.05, 3.63) is 0 Å². The lowest BCUT2D eigenvalue weighted by Crippen LogP contribution is -2.43. The van der Waals surface area contributed by atoms with Crippen LogP contribution < -0.4 is 5.32 Å². The van der Waals surface area contributed by atoms with Gasteiger partial charge in [-0.1, -0.05) is 0 Å². The molecule has 2 aliphatic rings. The molecule has 0 bridgehead atoms. The van der Waals surface area contributed by atoms with Gasteiger partial charge in [-0.2, -0.15) is 0 Å². The van der Waals surface area contributed by atoms with Gasteiger partial charge < -0.3 is 15.0 Å². The third-order valence-corrected chi connectivity index (χ3v) is 3.51. The van der Waals surface area contributed by atoms with Gasteiger partial charge in [0.2, 0.25) is 5.91 Å². The Bertz CT molecular complexity index is 251. The van der Waals surface area contributed by atoms with Crippen molar-refractivity contribution < 1.29 is 9.53 Å². The average Bonchev–Trinajstić information content (AvgIpc) is 3.01. The quantitative estimate of drug-likeness (QED) is 0.728. The van der Waals surface area contributed by atoms with Gasteiger partial charge in [0, 0.05) is 32.2 Å². The van der Waals surface area contributed by atoms with Crippen LogP contribution in [0.5, 0.6) is 0 Å². The van der Waals surface area contributed by atoms with E-state index in [-0.39, 0.29) is 11.9 Å². The maximum absolute atomic E-state index is 12.0. The number of hydrogen-bond acceptors (Lipinski definition) is 3. The van der Waals surface area contributed by atoms with E-state index in [1.807, 2.05) is 11.8 Å². The third-order valence-electron chi connectivity index (χ3n) is 3.51. The van der Waals surface area contributed by atoms with Crippen LogP contribution in [0.4, 0.5) is 0 Å². The van der Waals surface area contributed by atoms with Crippen molar-refractivity contribution in [2.75, 3.05) is 33.4 Å². The molecule has 0 aromatic rings. The molecule has 15 heavy (non-hydrogen) atoms. The Morgan fingerprint density at radius 1 is 1.60 bits per heavy atom. The molecule has 1 N–H and O–H groups in total. The molecular weight excluding hydrogens is 192 g/mol. The van der Waals surface area contributed by atoms with Crippen LogP contribution in [0.1, 0.15) is 19.8 Å². The number of methoxy groups -OCH3 is 1. The highest BCUT2D eigenvalue weighted by Gasteiger charge is 2.47. The van der Waals surface area contributed by atoms with Crippen molar-refractivity contribution >= 4 is 5.91 Å². The summed E-state index contributed by atoms with van der Waals surface area (Å²) in [5.74, 6) is 0.218. The van der Waals surface area contributed by atoms with Crippen LogP contribution in [0.3, 0.4) is 0 Å². The number of nitrogens with zero attached hydrogens (tertiary/aromatic N) is 1. The topological polar surface area (TPSA) is 41.6 Å². The lowest BCUT2D eigenvalue weighted by molar-refractivity contribution is -0.133. The standard InChI is InChI=1S/C11H20N2O2/c1-9-10(14)13(5-6-15-2)8-11(3-4-11)7-12-9/h9,12H,3-8H2,1-2H3. The van der Waals surface area contributed by atoms with Gasteiger partial charge in [-0.25, -0.2) is 0 Å². The summed E-state index contributed by atoms with van der Waals surface area (Å²) in [6, 6.07) is -0.0400. The average molecular weight is 212 g/mol. The van der Waals surface area contributed by atoms with Gasteiger partial charge in [-0.05, 0) is 19.8 Å². The molecule has 1 saturated heterocycles. The first-order chi connectivity index (χ1) is 7.17. The molecule has 1 aliphatic heterocycles. The van der Waals surface area contributed by atoms with Crippen molar-refractivity contribution in [3.63, 3.8) is 0 Å². The molecule has 86 valence electrons. The fourth-order valence-corrected chi connectivity index (χ4v) is 2.17. The second-order valence-electron chi connectivity index (χ2n) is 4.86. The van der Waals surface area contributed by atoms with Crippen LogP contribution >= 0.6 is 0 Å². The van der Waals surface area contributed by atoms with Crippen molar-refractivity contribution in [3.8, 4) is 0 Å². The zero-order chi connectivity index (χ0) is 10.9. The largest absolute Gasteiger partial charge is 0.383 e. The zero-order valence-corrected chi connectivity index (χ0v) is 9.58. The predicted molar refractivity (Wildman–Crippen MR) is 57.6 cm³/mol. The maximum atomic E-state index is 12.0. The highest BCUT2D eigenvalue weighted by Crippen LogP contribution is 2.46. The van der Waals surface area contributed by atoms with Crippen molar-refractivity contribution in [1.29, 1.82) is 0 Å². The minimum atomic E-state index is -0.0400. The van der Waals surface area contributed by atoms with Gasteiger partial charge in [0.25, 0.3) is 0 Å². The van der Waals surface area contributed by atoms with Gasteiger partial charge >= 0.3 is 0 Å². The summed E-state index contributed by atoms with van der Waals surface area (Å²) in [7, 11) is 1.68. The summed E-state index contributed by atoms with van der Waals surface area (Å²) >= 11 is 0. The highest BCUT2D eigenvalue weighted by atomic mass is 16.5. The molecular formula is C11H20N2O2. The first-order valence-electron chi connectivity index (χ1n) is 5.68. The van der Waals surface area contributed by atoms with Crippen LogP contribution in [-0.2, 0) is 9.53 Å². The number of carbonyl (C=O) groups excluding carboxylic acids is 1. The minimum Gasteiger partial charge on any atom is -0.383 e. The number of ether oxygens (including phenoxy) is 1. The Hall–Kier alpha value is -0.610. The SMILES string of the molecule is COCCN1CC2(CC2)CNC(C)C1=O. The number of carbonyl (C=O) groups is 1. The molecule has 0 aromatic carbocycles. The Morgan fingerprint density at radius 2 is 2.33 bits per heavy atom. The molecule has 0 radical (unpaired) electrons. The van der Waals surface area contributed by atoms with E-state index in [9.17, 15) is 4.79 Å². The van der Waals surface area contributed by atoms with Gasteiger partial charge in [0.15, 0.2) is 0 Å². The van der Waals surface area contributed by atoms with E-state index in [2.05, 4.69) is 5.32 Å². The van der Waals surface area contributed by atoms with E-state index < -0.39 is 0 Å². The third kappa shape index (κ3) is 2.32. The predicted octanol–water partition coefficient (Wildman–Crippen LogP) is 0.233. The number of nitrogens with one attached hydrogen (secondary N) is 1. The van der Waals surface area contributed by atoms with E-state index in [4.69, 9.17) is 4.74 Å². The summed E-state index contributed by atoms with van der Waals surface area (Å²) in [6.07, 6.45) is 2.51. The molecule has 4 nitrogen and oxygen atoms in total. The van der Waals surface area contributed by atoms with Crippen molar-refractivity contribution in [2.24, 2.45) is 5.41 Å². The monoisotopic (exact) mass is 212 g/mol. The van der Waals surface area contributed by atoms with E-state index in [1.165, 1.54) is 12.8 Å².